The zero-order chi connectivity index (χ0) is 19.4. The number of piperazine rings is 1. The lowest BCUT2D eigenvalue weighted by Gasteiger charge is -2.34. The Morgan fingerprint density at radius 3 is 2.33 bits per heavy atom. The third kappa shape index (κ3) is 4.30. The molecule has 146 valence electrons. The second-order valence-corrected chi connectivity index (χ2v) is 8.05. The largest absolute Gasteiger partial charge is 0.494 e. The van der Waals surface area contributed by atoms with Gasteiger partial charge in [0.25, 0.3) is 0 Å². The van der Waals surface area contributed by atoms with E-state index in [-0.39, 0.29) is 4.90 Å². The van der Waals surface area contributed by atoms with Crippen molar-refractivity contribution in [3.05, 3.63) is 36.2 Å². The summed E-state index contributed by atoms with van der Waals surface area (Å²) in [4.78, 5) is 10.9. The molecule has 0 spiro atoms. The molecule has 2 heterocycles. The van der Waals surface area contributed by atoms with E-state index < -0.39 is 10.0 Å². The quantitative estimate of drug-likeness (QED) is 0.740. The Morgan fingerprint density at radius 1 is 1.07 bits per heavy atom. The van der Waals surface area contributed by atoms with E-state index in [0.717, 1.165) is 5.82 Å². The Labute approximate surface area is 159 Å². The maximum absolute atomic E-state index is 12.9. The van der Waals surface area contributed by atoms with Crippen molar-refractivity contribution in [1.29, 1.82) is 0 Å². The number of benzene rings is 1. The number of hydrogen-bond donors (Lipinski definition) is 0. The molecular formula is C18H24N4O4S. The number of rotatable bonds is 6. The molecule has 1 saturated heterocycles. The van der Waals surface area contributed by atoms with Crippen LogP contribution in [0.3, 0.4) is 0 Å². The Balaban J connectivity index is 1.70. The van der Waals surface area contributed by atoms with Gasteiger partial charge in [-0.2, -0.15) is 9.29 Å². The number of hydrogen-bond acceptors (Lipinski definition) is 7. The number of sulfonamides is 1. The molecule has 1 fully saturated rings. The third-order valence-corrected chi connectivity index (χ3v) is 6.26. The van der Waals surface area contributed by atoms with Crippen LogP contribution in [0.25, 0.3) is 0 Å². The number of nitrogens with zero attached hydrogens (tertiary/aromatic N) is 4. The number of ether oxygens (including phenoxy) is 2. The summed E-state index contributed by atoms with van der Waals surface area (Å²) in [6, 6.07) is 8.31. The maximum Gasteiger partial charge on any atom is 0.243 e. The minimum absolute atomic E-state index is 0.277. The fraction of sp³-hybridized carbons (Fsp3) is 0.444. The molecule has 0 aliphatic carbocycles. The van der Waals surface area contributed by atoms with Crippen LogP contribution in [0.15, 0.2) is 35.2 Å². The van der Waals surface area contributed by atoms with Crippen molar-refractivity contribution < 1.29 is 17.9 Å². The van der Waals surface area contributed by atoms with Crippen LogP contribution in [0.4, 0.5) is 5.82 Å². The van der Waals surface area contributed by atoms with Crippen LogP contribution in [0.2, 0.25) is 0 Å². The Bertz CT molecular complexity index is 879. The molecule has 0 amide bonds. The first kappa shape index (κ1) is 19.4. The minimum atomic E-state index is -3.53. The van der Waals surface area contributed by atoms with E-state index in [2.05, 4.69) is 9.97 Å². The summed E-state index contributed by atoms with van der Waals surface area (Å²) in [6.45, 7) is 6.12. The number of aryl methyl sites for hydroxylation is 1. The van der Waals surface area contributed by atoms with Gasteiger partial charge in [0.15, 0.2) is 0 Å². The van der Waals surface area contributed by atoms with E-state index in [0.29, 0.717) is 50.2 Å². The molecule has 0 atom stereocenters. The van der Waals surface area contributed by atoms with Crippen molar-refractivity contribution in [2.75, 3.05) is 44.8 Å². The Hall–Kier alpha value is -2.39. The van der Waals surface area contributed by atoms with E-state index in [9.17, 15) is 8.42 Å². The van der Waals surface area contributed by atoms with E-state index in [4.69, 9.17) is 9.47 Å². The number of methoxy groups -OCH3 is 1. The summed E-state index contributed by atoms with van der Waals surface area (Å²) in [5.41, 5.74) is 0. The van der Waals surface area contributed by atoms with Gasteiger partial charge >= 0.3 is 0 Å². The minimum Gasteiger partial charge on any atom is -0.494 e. The monoisotopic (exact) mass is 392 g/mol. The predicted octanol–water partition coefficient (Wildman–Crippen LogP) is 1.70. The van der Waals surface area contributed by atoms with Gasteiger partial charge in [0.1, 0.15) is 17.4 Å². The van der Waals surface area contributed by atoms with Gasteiger partial charge in [-0.3, -0.25) is 0 Å². The van der Waals surface area contributed by atoms with Crippen LogP contribution in [-0.4, -0.2) is 62.6 Å². The molecule has 0 bridgehead atoms. The highest BCUT2D eigenvalue weighted by molar-refractivity contribution is 7.89. The van der Waals surface area contributed by atoms with Crippen molar-refractivity contribution in [2.45, 2.75) is 18.7 Å². The van der Waals surface area contributed by atoms with Crippen molar-refractivity contribution in [3.8, 4) is 11.6 Å². The van der Waals surface area contributed by atoms with Crippen molar-refractivity contribution in [3.63, 3.8) is 0 Å². The molecule has 1 aliphatic rings. The first-order valence-corrected chi connectivity index (χ1v) is 10.3. The molecule has 0 saturated carbocycles. The maximum atomic E-state index is 12.9. The predicted molar refractivity (Wildman–Crippen MR) is 102 cm³/mol. The van der Waals surface area contributed by atoms with Crippen LogP contribution in [0.5, 0.6) is 11.6 Å². The highest BCUT2D eigenvalue weighted by Crippen LogP contribution is 2.23. The van der Waals surface area contributed by atoms with Gasteiger partial charge in [-0.25, -0.2) is 13.4 Å². The van der Waals surface area contributed by atoms with Crippen LogP contribution >= 0.6 is 0 Å². The molecule has 9 heteroatoms. The molecule has 27 heavy (non-hydrogen) atoms. The van der Waals surface area contributed by atoms with Gasteiger partial charge in [0.2, 0.25) is 15.9 Å². The lowest BCUT2D eigenvalue weighted by atomic mass is 10.3. The molecule has 2 aromatic rings. The van der Waals surface area contributed by atoms with E-state index >= 15 is 0 Å². The Morgan fingerprint density at radius 2 is 1.74 bits per heavy atom. The average Bonchev–Trinajstić information content (AvgIpc) is 2.68. The molecule has 1 aromatic heterocycles. The van der Waals surface area contributed by atoms with Gasteiger partial charge in [-0.1, -0.05) is 0 Å². The topological polar surface area (TPSA) is 84.9 Å². The molecule has 8 nitrogen and oxygen atoms in total. The number of anilines is 1. The second kappa shape index (κ2) is 8.10. The summed E-state index contributed by atoms with van der Waals surface area (Å²) in [6.07, 6.45) is 0. The molecule has 1 aliphatic heterocycles. The normalized spacial score (nSPS) is 15.6. The zero-order valence-electron chi connectivity index (χ0n) is 15.8. The van der Waals surface area contributed by atoms with Crippen molar-refractivity contribution in [1.82, 2.24) is 14.3 Å². The smallest absolute Gasteiger partial charge is 0.243 e. The average molecular weight is 392 g/mol. The fourth-order valence-electron chi connectivity index (χ4n) is 2.97. The van der Waals surface area contributed by atoms with Crippen LogP contribution in [0.1, 0.15) is 12.7 Å². The van der Waals surface area contributed by atoms with Crippen molar-refractivity contribution >= 4 is 15.8 Å². The highest BCUT2D eigenvalue weighted by atomic mass is 32.2. The third-order valence-electron chi connectivity index (χ3n) is 4.35. The van der Waals surface area contributed by atoms with Crippen LogP contribution in [-0.2, 0) is 10.0 Å². The van der Waals surface area contributed by atoms with Gasteiger partial charge in [-0.05, 0) is 38.1 Å². The summed E-state index contributed by atoms with van der Waals surface area (Å²) in [7, 11) is -1.96. The lowest BCUT2D eigenvalue weighted by Crippen LogP contribution is -2.49. The standard InChI is InChI=1S/C18H24N4O4S/c1-4-26-15-5-7-16(8-6-15)27(23,24)22-11-9-21(10-12-22)17-13-18(25-3)20-14(2)19-17/h5-8,13H,4,9-12H2,1-3H3. The summed E-state index contributed by atoms with van der Waals surface area (Å²) < 4.78 is 37.8. The van der Waals surface area contributed by atoms with Crippen molar-refractivity contribution in [2.24, 2.45) is 0 Å². The van der Waals surface area contributed by atoms with Crippen LogP contribution < -0.4 is 14.4 Å². The molecule has 3 rings (SSSR count). The van der Waals surface area contributed by atoms with E-state index in [1.54, 1.807) is 44.4 Å². The number of aromatic nitrogens is 2. The zero-order valence-corrected chi connectivity index (χ0v) is 16.6. The molecule has 1 aromatic carbocycles. The van der Waals surface area contributed by atoms with Crippen LogP contribution in [0, 0.1) is 6.92 Å². The first-order chi connectivity index (χ1) is 12.9. The van der Waals surface area contributed by atoms with Gasteiger partial charge < -0.3 is 14.4 Å². The van der Waals surface area contributed by atoms with Gasteiger partial charge in [0, 0.05) is 32.2 Å². The second-order valence-electron chi connectivity index (χ2n) is 6.11. The molecule has 0 radical (unpaired) electrons. The molecule has 0 N–H and O–H groups in total. The van der Waals surface area contributed by atoms with E-state index in [1.165, 1.54) is 4.31 Å². The summed E-state index contributed by atoms with van der Waals surface area (Å²) in [5, 5.41) is 0. The first-order valence-electron chi connectivity index (χ1n) is 8.81. The fourth-order valence-corrected chi connectivity index (χ4v) is 4.40. The highest BCUT2D eigenvalue weighted by Gasteiger charge is 2.29. The lowest BCUT2D eigenvalue weighted by molar-refractivity contribution is 0.340. The molecular weight excluding hydrogens is 368 g/mol. The SMILES string of the molecule is CCOc1ccc(S(=O)(=O)N2CCN(c3cc(OC)nc(C)n3)CC2)cc1. The summed E-state index contributed by atoms with van der Waals surface area (Å²) >= 11 is 0. The van der Waals surface area contributed by atoms with E-state index in [1.807, 2.05) is 11.8 Å². The molecule has 0 unspecified atom stereocenters. The van der Waals surface area contributed by atoms with Gasteiger partial charge in [-0.15, -0.1) is 0 Å². The Kier molecular flexibility index (Phi) is 5.81. The van der Waals surface area contributed by atoms with Gasteiger partial charge in [0.05, 0.1) is 18.6 Å². The summed E-state index contributed by atoms with van der Waals surface area (Å²) in [5.74, 6) is 2.53.